The van der Waals surface area contributed by atoms with Crippen LogP contribution in [-0.2, 0) is 0 Å². The first kappa shape index (κ1) is 27.4. The van der Waals surface area contributed by atoms with Crippen molar-refractivity contribution in [3.63, 3.8) is 0 Å². The van der Waals surface area contributed by atoms with Crippen LogP contribution in [0, 0.1) is 0 Å². The third kappa shape index (κ3) is 5.16. The molecule has 11 aromatic rings. The molecule has 1 heteroatoms. The summed E-state index contributed by atoms with van der Waals surface area (Å²) in [5, 5.41) is 8.62. The van der Waals surface area contributed by atoms with Gasteiger partial charge in [-0.2, -0.15) is 0 Å². The van der Waals surface area contributed by atoms with E-state index in [9.17, 15) is 0 Å². The van der Waals surface area contributed by atoms with Gasteiger partial charge in [0, 0.05) is 10.9 Å². The Hall–Kier alpha value is -7.22. The number of furan rings is 1. The zero-order chi connectivity index (χ0) is 39.8. The predicted octanol–water partition coefficient (Wildman–Crippen LogP) is 15.4. The van der Waals surface area contributed by atoms with E-state index in [0.29, 0.717) is 0 Å². The second-order valence-corrected chi connectivity index (χ2v) is 14.1. The maximum Gasteiger partial charge on any atom is 0.135 e. The Morgan fingerprint density at radius 2 is 0.873 bits per heavy atom. The third-order valence-electron chi connectivity index (χ3n) is 11.0. The second kappa shape index (κ2) is 12.7. The van der Waals surface area contributed by atoms with E-state index in [1.807, 2.05) is 72.8 Å². The Morgan fingerprint density at radius 3 is 1.58 bits per heavy atom. The molecule has 1 aromatic heterocycles. The molecule has 0 fully saturated rings. The van der Waals surface area contributed by atoms with Gasteiger partial charge in [0.15, 0.2) is 0 Å². The van der Waals surface area contributed by atoms with Gasteiger partial charge in [0.25, 0.3) is 0 Å². The van der Waals surface area contributed by atoms with Gasteiger partial charge in [-0.3, -0.25) is 0 Å². The van der Waals surface area contributed by atoms with Crippen molar-refractivity contribution >= 4 is 54.1 Å². The summed E-state index contributed by atoms with van der Waals surface area (Å²) in [5.74, 6) is 0.828. The highest BCUT2D eigenvalue weighted by molar-refractivity contribution is 6.24. The summed E-state index contributed by atoms with van der Waals surface area (Å²) in [7, 11) is 0. The zero-order valence-corrected chi connectivity index (χ0v) is 29.7. The maximum atomic E-state index is 8.94. The highest BCUT2D eigenvalue weighted by Crippen LogP contribution is 2.47. The lowest BCUT2D eigenvalue weighted by Crippen LogP contribution is -1.93. The summed E-state index contributed by atoms with van der Waals surface area (Å²) in [6, 6.07) is 62.2. The van der Waals surface area contributed by atoms with E-state index >= 15 is 0 Å². The van der Waals surface area contributed by atoms with Gasteiger partial charge in [-0.15, -0.1) is 0 Å². The molecule has 256 valence electrons. The summed E-state index contributed by atoms with van der Waals surface area (Å²) in [5.41, 5.74) is 9.85. The fourth-order valence-corrected chi connectivity index (χ4v) is 8.53. The first-order chi connectivity index (χ1) is 28.9. The number of benzene rings is 10. The van der Waals surface area contributed by atoms with Crippen molar-refractivity contribution in [3.8, 4) is 55.8 Å². The minimum absolute atomic E-state index is 0.125. The minimum Gasteiger partial charge on any atom is -0.456 e. The Labute approximate surface area is 325 Å². The summed E-state index contributed by atoms with van der Waals surface area (Å²) in [6.07, 6.45) is 0. The number of hydrogen-bond donors (Lipinski definition) is 0. The topological polar surface area (TPSA) is 13.1 Å². The molecule has 0 aliphatic rings. The van der Waals surface area contributed by atoms with Gasteiger partial charge in [-0.1, -0.05) is 176 Å². The third-order valence-corrected chi connectivity index (χ3v) is 11.0. The van der Waals surface area contributed by atoms with Crippen LogP contribution in [0.15, 0.2) is 211 Å². The molecule has 0 saturated carbocycles. The molecule has 0 aliphatic carbocycles. The molecular formula is C54H34O. The van der Waals surface area contributed by atoms with Gasteiger partial charge in [0.05, 0.1) is 5.48 Å². The fraction of sp³-hybridized carbons (Fsp3) is 0. The van der Waals surface area contributed by atoms with E-state index in [-0.39, 0.29) is 24.2 Å². The molecule has 0 N–H and O–H groups in total. The van der Waals surface area contributed by atoms with Crippen LogP contribution in [0.5, 0.6) is 0 Å². The monoisotopic (exact) mass is 702 g/mol. The number of fused-ring (bicyclic) bond motifs is 5. The zero-order valence-electron chi connectivity index (χ0n) is 33.7. The summed E-state index contributed by atoms with van der Waals surface area (Å²) in [4.78, 5) is 0. The number of rotatable bonds is 5. The molecule has 1 heterocycles. The van der Waals surface area contributed by atoms with Crippen LogP contribution < -0.4 is 0 Å². The highest BCUT2D eigenvalue weighted by Gasteiger charge is 2.20. The molecule has 0 atom stereocenters. The quantitative estimate of drug-likeness (QED) is 0.163. The molecular weight excluding hydrogens is 665 g/mol. The van der Waals surface area contributed by atoms with E-state index in [1.165, 1.54) is 0 Å². The Morgan fingerprint density at radius 1 is 0.309 bits per heavy atom. The van der Waals surface area contributed by atoms with Gasteiger partial charge >= 0.3 is 0 Å². The molecule has 10 aromatic carbocycles. The molecule has 1 nitrogen and oxygen atoms in total. The van der Waals surface area contributed by atoms with Gasteiger partial charge in [0.2, 0.25) is 0 Å². The van der Waals surface area contributed by atoms with Crippen molar-refractivity contribution in [2.24, 2.45) is 0 Å². The standard InChI is InChI=1S/C54H34O/c1-3-15-35(16-4-1)50-33-40(32-37-19-7-8-20-42(37)50)53-46-21-9-11-23-48(46)54(49-24-12-10-22-47(49)53)45-28-14-26-43-41(25-13-27-44(43)45)38-29-30-51-39(31-38)34-52(55-51)36-17-5-2-6-18-36/h1-34H/i9D,10D,11D,12D. The van der Waals surface area contributed by atoms with Gasteiger partial charge in [-0.05, 0) is 118 Å². The summed E-state index contributed by atoms with van der Waals surface area (Å²) < 4.78 is 42.0. The van der Waals surface area contributed by atoms with Gasteiger partial charge < -0.3 is 4.42 Å². The van der Waals surface area contributed by atoms with Crippen molar-refractivity contribution in [1.82, 2.24) is 0 Å². The lowest BCUT2D eigenvalue weighted by Gasteiger charge is -2.20. The minimum atomic E-state index is 0.125. The van der Waals surface area contributed by atoms with E-state index in [2.05, 4.69) is 109 Å². The van der Waals surface area contributed by atoms with Gasteiger partial charge in [-0.25, -0.2) is 0 Å². The molecule has 0 radical (unpaired) electrons. The van der Waals surface area contributed by atoms with Crippen molar-refractivity contribution in [1.29, 1.82) is 0 Å². The van der Waals surface area contributed by atoms with E-state index < -0.39 is 0 Å². The van der Waals surface area contributed by atoms with Crippen LogP contribution in [0.4, 0.5) is 0 Å². The van der Waals surface area contributed by atoms with Crippen LogP contribution in [-0.4, -0.2) is 0 Å². The van der Waals surface area contributed by atoms with Crippen LogP contribution >= 0.6 is 0 Å². The van der Waals surface area contributed by atoms with E-state index in [0.717, 1.165) is 110 Å². The average Bonchev–Trinajstić information content (AvgIpc) is 3.71. The second-order valence-electron chi connectivity index (χ2n) is 14.1. The number of hydrogen-bond acceptors (Lipinski definition) is 1. The average molecular weight is 703 g/mol. The summed E-state index contributed by atoms with van der Waals surface area (Å²) >= 11 is 0. The lowest BCUT2D eigenvalue weighted by molar-refractivity contribution is 0.631. The Bertz CT molecular complexity index is 3410. The first-order valence-electron chi connectivity index (χ1n) is 20.6. The van der Waals surface area contributed by atoms with E-state index in [1.54, 1.807) is 0 Å². The predicted molar refractivity (Wildman–Crippen MR) is 233 cm³/mol. The molecule has 0 aliphatic heterocycles. The highest BCUT2D eigenvalue weighted by atomic mass is 16.3. The molecule has 55 heavy (non-hydrogen) atoms. The van der Waals surface area contributed by atoms with Crippen molar-refractivity contribution in [3.05, 3.63) is 206 Å². The molecule has 11 rings (SSSR count). The van der Waals surface area contributed by atoms with Crippen LogP contribution in [0.2, 0.25) is 0 Å². The van der Waals surface area contributed by atoms with Crippen LogP contribution in [0.3, 0.4) is 0 Å². The Kier molecular flexibility index (Phi) is 6.34. The van der Waals surface area contributed by atoms with Crippen molar-refractivity contribution < 1.29 is 9.90 Å². The fourth-order valence-electron chi connectivity index (χ4n) is 8.53. The van der Waals surface area contributed by atoms with Crippen molar-refractivity contribution in [2.75, 3.05) is 0 Å². The smallest absolute Gasteiger partial charge is 0.135 e. The molecule has 0 amide bonds. The van der Waals surface area contributed by atoms with E-state index in [4.69, 9.17) is 9.90 Å². The summed E-state index contributed by atoms with van der Waals surface area (Å²) in [6.45, 7) is 0. The Balaban J connectivity index is 1.19. The molecule has 0 unspecified atom stereocenters. The van der Waals surface area contributed by atoms with Crippen LogP contribution in [0.1, 0.15) is 5.48 Å². The molecule has 0 bridgehead atoms. The normalized spacial score (nSPS) is 12.7. The maximum absolute atomic E-state index is 8.94. The lowest BCUT2D eigenvalue weighted by atomic mass is 9.83. The SMILES string of the molecule is [2H]c1cc2c(-c3cc(-c4ccccc4)c4ccccc4c3)c3cc([2H])c([2H])cc3c(-c3cccc4c(-c5ccc6oc(-c7ccccc7)cc6c5)cccc34)c2cc1[2H]. The first-order valence-corrected chi connectivity index (χ1v) is 18.6. The molecule has 0 saturated heterocycles. The van der Waals surface area contributed by atoms with Gasteiger partial charge in [0.1, 0.15) is 11.3 Å². The largest absolute Gasteiger partial charge is 0.456 e. The molecule has 0 spiro atoms. The van der Waals surface area contributed by atoms with Crippen LogP contribution in [0.25, 0.3) is 110 Å². The van der Waals surface area contributed by atoms with Crippen molar-refractivity contribution in [2.45, 2.75) is 0 Å².